The van der Waals surface area contributed by atoms with Crippen molar-refractivity contribution in [3.05, 3.63) is 24.3 Å². The van der Waals surface area contributed by atoms with Gasteiger partial charge in [-0.05, 0) is 24.0 Å². The fraction of sp³-hybridized carbons (Fsp3) is 0.545. The van der Waals surface area contributed by atoms with Gasteiger partial charge in [0.15, 0.2) is 0 Å². The van der Waals surface area contributed by atoms with E-state index in [0.717, 1.165) is 0 Å². The van der Waals surface area contributed by atoms with Crippen molar-refractivity contribution in [3.63, 3.8) is 0 Å². The summed E-state index contributed by atoms with van der Waals surface area (Å²) in [5.41, 5.74) is 5.49. The molecule has 0 spiro atoms. The van der Waals surface area contributed by atoms with Gasteiger partial charge >= 0.3 is 6.03 Å². The summed E-state index contributed by atoms with van der Waals surface area (Å²) in [6, 6.07) is 4.81. The van der Waals surface area contributed by atoms with Crippen LogP contribution >= 0.6 is 0 Å². The number of carbonyl (C=O) groups is 4. The zero-order chi connectivity index (χ0) is 24.1. The number of carbonyl (C=O) groups excluding carboxylic acids is 4. The summed E-state index contributed by atoms with van der Waals surface area (Å²) in [5, 5.41) is 5.52. The third-order valence-electron chi connectivity index (χ3n) is 5.07. The summed E-state index contributed by atoms with van der Waals surface area (Å²) in [6.45, 7) is 5.86. The number of likely N-dealkylation sites (tertiary alicyclic amines) is 1. The number of primary amides is 1. The molecule has 1 aliphatic rings. The molecule has 4 N–H and O–H groups in total. The highest BCUT2D eigenvalue weighted by molar-refractivity contribution is 5.94. The molecule has 0 bridgehead atoms. The van der Waals surface area contributed by atoms with Crippen molar-refractivity contribution in [1.82, 2.24) is 15.1 Å². The number of ether oxygens (including phenoxy) is 1. The third-order valence-corrected chi connectivity index (χ3v) is 5.07. The normalized spacial score (nSPS) is 18.1. The lowest BCUT2D eigenvalue weighted by molar-refractivity contribution is -0.145. The van der Waals surface area contributed by atoms with Crippen molar-refractivity contribution < 1.29 is 23.9 Å². The van der Waals surface area contributed by atoms with Crippen LogP contribution in [0, 0.1) is 5.41 Å². The first-order valence-corrected chi connectivity index (χ1v) is 10.5. The zero-order valence-electron chi connectivity index (χ0n) is 19.3. The number of urea groups is 1. The van der Waals surface area contributed by atoms with Crippen LogP contribution in [0.25, 0.3) is 0 Å². The summed E-state index contributed by atoms with van der Waals surface area (Å²) >= 11 is 0. The van der Waals surface area contributed by atoms with Crippen LogP contribution in [0.4, 0.5) is 10.5 Å². The van der Waals surface area contributed by atoms with Gasteiger partial charge in [-0.1, -0.05) is 26.8 Å². The number of nitrogens with two attached hydrogens (primary N) is 1. The van der Waals surface area contributed by atoms with Crippen LogP contribution in [-0.4, -0.2) is 72.9 Å². The highest BCUT2D eigenvalue weighted by Crippen LogP contribution is 2.26. The van der Waals surface area contributed by atoms with Gasteiger partial charge in [-0.15, -0.1) is 0 Å². The Morgan fingerprint density at radius 1 is 1.25 bits per heavy atom. The molecule has 2 atom stereocenters. The van der Waals surface area contributed by atoms with Crippen molar-refractivity contribution in [2.75, 3.05) is 32.6 Å². The van der Waals surface area contributed by atoms with Gasteiger partial charge in [0.1, 0.15) is 11.8 Å². The van der Waals surface area contributed by atoms with Crippen LogP contribution in [0.3, 0.4) is 0 Å². The van der Waals surface area contributed by atoms with E-state index < -0.39 is 29.9 Å². The molecule has 0 saturated carbocycles. The second-order valence-electron chi connectivity index (χ2n) is 9.16. The zero-order valence-corrected chi connectivity index (χ0v) is 19.3. The number of hydrogen-bond acceptors (Lipinski definition) is 5. The van der Waals surface area contributed by atoms with Crippen LogP contribution in [0.15, 0.2) is 24.3 Å². The lowest BCUT2D eigenvalue weighted by Gasteiger charge is -2.32. The number of hydrogen-bond donors (Lipinski definition) is 3. The molecule has 32 heavy (non-hydrogen) atoms. The van der Waals surface area contributed by atoms with Crippen LogP contribution in [0.5, 0.6) is 5.75 Å². The quantitative estimate of drug-likeness (QED) is 0.577. The van der Waals surface area contributed by atoms with E-state index in [2.05, 4.69) is 10.6 Å². The fourth-order valence-corrected chi connectivity index (χ4v) is 3.66. The minimum absolute atomic E-state index is 0.180. The van der Waals surface area contributed by atoms with Gasteiger partial charge in [0.2, 0.25) is 17.7 Å². The van der Waals surface area contributed by atoms with Crippen molar-refractivity contribution in [2.45, 2.75) is 45.7 Å². The molecule has 1 fully saturated rings. The minimum atomic E-state index is -0.926. The summed E-state index contributed by atoms with van der Waals surface area (Å²) < 4.78 is 5.15. The minimum Gasteiger partial charge on any atom is -0.497 e. The van der Waals surface area contributed by atoms with Gasteiger partial charge in [-0.25, -0.2) is 4.79 Å². The molecule has 5 amide bonds. The fourth-order valence-electron chi connectivity index (χ4n) is 3.66. The maximum atomic E-state index is 13.1. The predicted molar refractivity (Wildman–Crippen MR) is 120 cm³/mol. The van der Waals surface area contributed by atoms with E-state index in [0.29, 0.717) is 24.4 Å². The van der Waals surface area contributed by atoms with E-state index in [9.17, 15) is 19.2 Å². The summed E-state index contributed by atoms with van der Waals surface area (Å²) in [5.74, 6) is -0.702. The van der Waals surface area contributed by atoms with Gasteiger partial charge in [0.25, 0.3) is 0 Å². The average molecular weight is 448 g/mol. The molecule has 176 valence electrons. The number of likely N-dealkylation sites (N-methyl/N-ethyl adjacent to an activating group) is 1. The smallest absolute Gasteiger partial charge is 0.319 e. The SMILES string of the molecule is COc1cccc(NC(=O)NC2CCN(C(=O)CC(C)(C)C)C2C(=O)N(C)CC(N)=O)c1. The molecule has 2 rings (SSSR count). The van der Waals surface area contributed by atoms with E-state index >= 15 is 0 Å². The van der Waals surface area contributed by atoms with Gasteiger partial charge in [0, 0.05) is 31.8 Å². The predicted octanol–water partition coefficient (Wildman–Crippen LogP) is 1.17. The van der Waals surface area contributed by atoms with Gasteiger partial charge in [-0.3, -0.25) is 14.4 Å². The molecule has 10 nitrogen and oxygen atoms in total. The molecule has 1 aromatic rings. The number of anilines is 1. The molecule has 1 aliphatic heterocycles. The molecular formula is C22H33N5O5. The lowest BCUT2D eigenvalue weighted by atomic mass is 9.91. The standard InChI is InChI=1S/C22H33N5O5/c1-22(2,3)12-18(29)27-10-9-16(19(27)20(30)26(4)13-17(23)28)25-21(31)24-14-7-6-8-15(11-14)32-5/h6-8,11,16,19H,9-10,12-13H2,1-5H3,(H2,23,28)(H2,24,25,31). The molecule has 0 radical (unpaired) electrons. The maximum Gasteiger partial charge on any atom is 0.319 e. The van der Waals surface area contributed by atoms with E-state index in [1.165, 1.54) is 24.0 Å². The number of amides is 5. The van der Waals surface area contributed by atoms with Crippen LogP contribution in [-0.2, 0) is 14.4 Å². The van der Waals surface area contributed by atoms with Crippen LogP contribution in [0.2, 0.25) is 0 Å². The molecule has 0 aliphatic carbocycles. The topological polar surface area (TPSA) is 134 Å². The number of methoxy groups -OCH3 is 1. The highest BCUT2D eigenvalue weighted by Gasteiger charge is 2.44. The average Bonchev–Trinajstić information content (AvgIpc) is 3.09. The van der Waals surface area contributed by atoms with E-state index in [1.54, 1.807) is 24.3 Å². The molecule has 1 aromatic carbocycles. The Morgan fingerprint density at radius 3 is 2.53 bits per heavy atom. The Balaban J connectivity index is 2.19. The maximum absolute atomic E-state index is 13.1. The van der Waals surface area contributed by atoms with Crippen molar-refractivity contribution in [3.8, 4) is 5.75 Å². The third kappa shape index (κ3) is 6.86. The van der Waals surface area contributed by atoms with Gasteiger partial charge in [0.05, 0.1) is 19.7 Å². The Bertz CT molecular complexity index is 867. The van der Waals surface area contributed by atoms with Crippen molar-refractivity contribution in [1.29, 1.82) is 0 Å². The van der Waals surface area contributed by atoms with E-state index in [1.807, 2.05) is 20.8 Å². The summed E-state index contributed by atoms with van der Waals surface area (Å²) in [6.07, 6.45) is 0.654. The Labute approximate surface area is 188 Å². The monoisotopic (exact) mass is 447 g/mol. The van der Waals surface area contributed by atoms with Crippen LogP contribution < -0.4 is 21.1 Å². The summed E-state index contributed by atoms with van der Waals surface area (Å²) in [7, 11) is 2.98. The second-order valence-corrected chi connectivity index (χ2v) is 9.16. The molecule has 2 unspecified atom stereocenters. The van der Waals surface area contributed by atoms with Crippen molar-refractivity contribution in [2.24, 2.45) is 11.1 Å². The van der Waals surface area contributed by atoms with Crippen LogP contribution in [0.1, 0.15) is 33.6 Å². The molecule has 1 saturated heterocycles. The number of nitrogens with one attached hydrogen (secondary N) is 2. The Hall–Kier alpha value is -3.30. The van der Waals surface area contributed by atoms with E-state index in [-0.39, 0.29) is 24.3 Å². The Kier molecular flexibility index (Phi) is 8.07. The first kappa shape index (κ1) is 25.0. The molecule has 1 heterocycles. The Morgan fingerprint density at radius 2 is 1.94 bits per heavy atom. The highest BCUT2D eigenvalue weighted by atomic mass is 16.5. The first-order chi connectivity index (χ1) is 14.9. The second kappa shape index (κ2) is 10.3. The first-order valence-electron chi connectivity index (χ1n) is 10.5. The van der Waals surface area contributed by atoms with Crippen molar-refractivity contribution >= 4 is 29.4 Å². The molecule has 10 heteroatoms. The van der Waals surface area contributed by atoms with Gasteiger partial charge in [-0.2, -0.15) is 0 Å². The number of benzene rings is 1. The molecule has 0 aromatic heterocycles. The largest absolute Gasteiger partial charge is 0.497 e. The van der Waals surface area contributed by atoms with E-state index in [4.69, 9.17) is 10.5 Å². The lowest BCUT2D eigenvalue weighted by Crippen LogP contribution is -2.56. The molecular weight excluding hydrogens is 414 g/mol. The number of nitrogens with zero attached hydrogens (tertiary/aromatic N) is 2. The summed E-state index contributed by atoms with van der Waals surface area (Å²) in [4.78, 5) is 52.7. The number of rotatable bonds is 7. The van der Waals surface area contributed by atoms with Gasteiger partial charge < -0.3 is 30.9 Å².